The van der Waals surface area contributed by atoms with Crippen LogP contribution in [0.2, 0.25) is 0 Å². The number of aromatic nitrogens is 4. The molecule has 0 saturated carbocycles. The molecule has 2 atom stereocenters. The molecule has 0 bridgehead atoms. The smallest absolute Gasteiger partial charge is 0.276 e. The molecule has 10 heteroatoms. The van der Waals surface area contributed by atoms with Crippen molar-refractivity contribution in [1.29, 1.82) is 0 Å². The highest BCUT2D eigenvalue weighted by Crippen LogP contribution is 2.24. The second kappa shape index (κ2) is 8.44. The molecule has 2 amide bonds. The number of halogens is 1. The Balaban J connectivity index is 1.39. The Kier molecular flexibility index (Phi) is 5.55. The minimum atomic E-state index is -1.14. The Bertz CT molecular complexity index is 1030. The highest BCUT2D eigenvalue weighted by molar-refractivity contribution is 5.93. The highest BCUT2D eigenvalue weighted by atomic mass is 19.1. The monoisotopic (exact) mass is 412 g/mol. The van der Waals surface area contributed by atoms with E-state index in [1.807, 2.05) is 30.3 Å². The van der Waals surface area contributed by atoms with Crippen molar-refractivity contribution in [2.24, 2.45) is 0 Å². The second-order valence-corrected chi connectivity index (χ2v) is 7.26. The van der Waals surface area contributed by atoms with Gasteiger partial charge in [-0.3, -0.25) is 9.59 Å². The summed E-state index contributed by atoms with van der Waals surface area (Å²) in [4.78, 5) is 26.4. The number of benzene rings is 1. The van der Waals surface area contributed by atoms with Gasteiger partial charge < -0.3 is 14.7 Å². The summed E-state index contributed by atoms with van der Waals surface area (Å²) in [5.74, 6) is -0.239. The van der Waals surface area contributed by atoms with Gasteiger partial charge in [0.05, 0.1) is 25.3 Å². The average molecular weight is 412 g/mol. The first-order valence-electron chi connectivity index (χ1n) is 9.60. The van der Waals surface area contributed by atoms with Crippen molar-refractivity contribution in [3.8, 4) is 0 Å². The first kappa shape index (κ1) is 19.7. The fourth-order valence-corrected chi connectivity index (χ4v) is 3.47. The van der Waals surface area contributed by atoms with Gasteiger partial charge in [0.1, 0.15) is 11.9 Å². The molecule has 0 spiro atoms. The fraction of sp³-hybridized carbons (Fsp3) is 0.350. The van der Waals surface area contributed by atoms with Gasteiger partial charge in [0, 0.05) is 19.0 Å². The standard InChI is InChI=1S/C20H21FN6O3/c1-13-7-17(24-30-13)20(29)27-10-15(21)8-16(27)11-26-12-18(23-25-26)19(28)22-9-14-5-3-2-4-6-14/h2-7,12,15-16H,8-11H2,1H3,(H,22,28)/t15-,16-/m0/s1. The number of nitrogens with one attached hydrogen (secondary N) is 1. The molecular formula is C20H21FN6O3. The Hall–Kier alpha value is -3.56. The molecule has 1 fully saturated rings. The lowest BCUT2D eigenvalue weighted by Gasteiger charge is -2.22. The number of hydrogen-bond donors (Lipinski definition) is 1. The van der Waals surface area contributed by atoms with Gasteiger partial charge in [0.2, 0.25) is 0 Å². The molecule has 3 heterocycles. The molecule has 1 aromatic carbocycles. The Morgan fingerprint density at radius 3 is 2.80 bits per heavy atom. The van der Waals surface area contributed by atoms with E-state index in [1.165, 1.54) is 21.8 Å². The van der Waals surface area contributed by atoms with E-state index in [0.29, 0.717) is 12.3 Å². The summed E-state index contributed by atoms with van der Waals surface area (Å²) in [5, 5.41) is 14.4. The molecule has 1 saturated heterocycles. The van der Waals surface area contributed by atoms with Crippen LogP contribution < -0.4 is 5.32 Å². The first-order chi connectivity index (χ1) is 14.5. The van der Waals surface area contributed by atoms with E-state index < -0.39 is 18.1 Å². The fourth-order valence-electron chi connectivity index (χ4n) is 3.47. The Labute approximate surface area is 171 Å². The molecule has 1 N–H and O–H groups in total. The molecule has 156 valence electrons. The van der Waals surface area contributed by atoms with Gasteiger partial charge in [-0.2, -0.15) is 0 Å². The third-order valence-electron chi connectivity index (χ3n) is 4.94. The van der Waals surface area contributed by atoms with E-state index in [4.69, 9.17) is 4.52 Å². The van der Waals surface area contributed by atoms with Gasteiger partial charge in [-0.25, -0.2) is 9.07 Å². The van der Waals surface area contributed by atoms with Crippen molar-refractivity contribution in [3.63, 3.8) is 0 Å². The predicted octanol–water partition coefficient (Wildman–Crippen LogP) is 1.76. The van der Waals surface area contributed by atoms with Gasteiger partial charge in [-0.1, -0.05) is 40.7 Å². The quantitative estimate of drug-likeness (QED) is 0.661. The maximum Gasteiger partial charge on any atom is 0.276 e. The Morgan fingerprint density at radius 1 is 1.27 bits per heavy atom. The molecule has 0 radical (unpaired) electrons. The number of nitrogens with zero attached hydrogens (tertiary/aromatic N) is 5. The zero-order valence-electron chi connectivity index (χ0n) is 16.4. The van der Waals surface area contributed by atoms with Crippen molar-refractivity contribution >= 4 is 11.8 Å². The van der Waals surface area contributed by atoms with Gasteiger partial charge in [-0.05, 0) is 12.5 Å². The molecule has 4 rings (SSSR count). The van der Waals surface area contributed by atoms with E-state index in [9.17, 15) is 14.0 Å². The van der Waals surface area contributed by atoms with E-state index in [1.54, 1.807) is 6.92 Å². The van der Waals surface area contributed by atoms with Crippen LogP contribution in [-0.2, 0) is 13.1 Å². The van der Waals surface area contributed by atoms with Crippen molar-refractivity contribution in [2.75, 3.05) is 6.54 Å². The number of hydrogen-bond acceptors (Lipinski definition) is 6. The summed E-state index contributed by atoms with van der Waals surface area (Å²) >= 11 is 0. The minimum absolute atomic E-state index is 0.0193. The zero-order chi connectivity index (χ0) is 21.1. The molecule has 2 aromatic heterocycles. The first-order valence-corrected chi connectivity index (χ1v) is 9.60. The van der Waals surface area contributed by atoms with Gasteiger partial charge in [-0.15, -0.1) is 5.10 Å². The summed E-state index contributed by atoms with van der Waals surface area (Å²) in [5.41, 5.74) is 1.27. The van der Waals surface area contributed by atoms with Crippen LogP contribution in [0.5, 0.6) is 0 Å². The molecule has 1 aliphatic heterocycles. The third kappa shape index (κ3) is 4.37. The molecule has 0 aliphatic carbocycles. The van der Waals surface area contributed by atoms with E-state index in [0.717, 1.165) is 5.56 Å². The van der Waals surface area contributed by atoms with E-state index >= 15 is 0 Å². The van der Waals surface area contributed by atoms with E-state index in [2.05, 4.69) is 20.8 Å². The van der Waals surface area contributed by atoms with Crippen molar-refractivity contribution in [1.82, 2.24) is 30.4 Å². The number of likely N-dealkylation sites (tertiary alicyclic amines) is 1. The van der Waals surface area contributed by atoms with Crippen LogP contribution >= 0.6 is 0 Å². The molecular weight excluding hydrogens is 391 g/mol. The molecule has 3 aromatic rings. The molecule has 9 nitrogen and oxygen atoms in total. The van der Waals surface area contributed by atoms with Crippen molar-refractivity contribution in [2.45, 2.75) is 38.6 Å². The normalized spacial score (nSPS) is 18.5. The number of carbonyl (C=O) groups is 2. The second-order valence-electron chi connectivity index (χ2n) is 7.26. The summed E-state index contributed by atoms with van der Waals surface area (Å²) in [7, 11) is 0. The van der Waals surface area contributed by atoms with Crippen LogP contribution in [0.3, 0.4) is 0 Å². The van der Waals surface area contributed by atoms with Crippen LogP contribution in [0.1, 0.15) is 38.7 Å². The highest BCUT2D eigenvalue weighted by Gasteiger charge is 2.37. The van der Waals surface area contributed by atoms with Gasteiger partial charge in [0.15, 0.2) is 11.4 Å². The lowest BCUT2D eigenvalue weighted by Crippen LogP contribution is -2.38. The van der Waals surface area contributed by atoms with Gasteiger partial charge in [0.25, 0.3) is 11.8 Å². The van der Waals surface area contributed by atoms with E-state index in [-0.39, 0.29) is 36.8 Å². The molecule has 1 aliphatic rings. The topological polar surface area (TPSA) is 106 Å². The molecule has 30 heavy (non-hydrogen) atoms. The van der Waals surface area contributed by atoms with Crippen molar-refractivity contribution < 1.29 is 18.5 Å². The lowest BCUT2D eigenvalue weighted by atomic mass is 10.2. The number of amides is 2. The summed E-state index contributed by atoms with van der Waals surface area (Å²) in [6.45, 7) is 2.26. The summed E-state index contributed by atoms with van der Waals surface area (Å²) in [6, 6.07) is 10.6. The minimum Gasteiger partial charge on any atom is -0.361 e. The van der Waals surface area contributed by atoms with Crippen LogP contribution in [0.4, 0.5) is 4.39 Å². The maximum atomic E-state index is 14.1. The number of carbonyl (C=O) groups excluding carboxylic acids is 2. The number of alkyl halides is 1. The lowest BCUT2D eigenvalue weighted by molar-refractivity contribution is 0.0703. The zero-order valence-corrected chi connectivity index (χ0v) is 16.4. The summed E-state index contributed by atoms with van der Waals surface area (Å²) < 4.78 is 20.5. The van der Waals surface area contributed by atoms with Crippen LogP contribution in [0.15, 0.2) is 47.1 Å². The largest absolute Gasteiger partial charge is 0.361 e. The average Bonchev–Trinajstić information content (AvgIpc) is 3.47. The third-order valence-corrected chi connectivity index (χ3v) is 4.94. The van der Waals surface area contributed by atoms with Crippen molar-refractivity contribution in [3.05, 3.63) is 65.3 Å². The number of aryl methyl sites for hydroxylation is 1. The van der Waals surface area contributed by atoms with Gasteiger partial charge >= 0.3 is 0 Å². The predicted molar refractivity (Wildman–Crippen MR) is 103 cm³/mol. The number of rotatable bonds is 6. The van der Waals surface area contributed by atoms with Crippen LogP contribution in [-0.4, -0.2) is 55.6 Å². The maximum absolute atomic E-state index is 14.1. The Morgan fingerprint density at radius 2 is 2.07 bits per heavy atom. The van der Waals surface area contributed by atoms with Crippen LogP contribution in [0, 0.1) is 6.92 Å². The summed E-state index contributed by atoms with van der Waals surface area (Å²) in [6.07, 6.45) is 0.538. The van der Waals surface area contributed by atoms with Crippen LogP contribution in [0.25, 0.3) is 0 Å². The molecule has 0 unspecified atom stereocenters. The SMILES string of the molecule is Cc1cc(C(=O)N2C[C@@H](F)C[C@H]2Cn2cc(C(=O)NCc3ccccc3)nn2)no1.